The molecule has 0 aromatic carbocycles. The number of rotatable bonds is 20. The van der Waals surface area contributed by atoms with Gasteiger partial charge in [0.25, 0.3) is 0 Å². The van der Waals surface area contributed by atoms with Crippen molar-refractivity contribution in [2.75, 3.05) is 0 Å². The Bertz CT molecular complexity index is 339. The summed E-state index contributed by atoms with van der Waals surface area (Å²) in [6, 6.07) is 0. The van der Waals surface area contributed by atoms with Gasteiger partial charge >= 0.3 is 5.97 Å². The van der Waals surface area contributed by atoms with Gasteiger partial charge in [-0.25, -0.2) is 0 Å². The molecule has 0 saturated heterocycles. The van der Waals surface area contributed by atoms with E-state index < -0.39 is 17.5 Å². The maximum absolute atomic E-state index is 11.7. The molecule has 0 heterocycles. The van der Waals surface area contributed by atoms with Crippen molar-refractivity contribution in [3.8, 4) is 0 Å². The van der Waals surface area contributed by atoms with Crippen molar-refractivity contribution >= 4 is 5.97 Å². The molecule has 0 bridgehead atoms. The second-order valence-corrected chi connectivity index (χ2v) is 8.74. The first-order chi connectivity index (χ1) is 13.0. The van der Waals surface area contributed by atoms with E-state index in [0.717, 1.165) is 25.7 Å². The smallest absolute Gasteiger partial charge is 0.309 e. The summed E-state index contributed by atoms with van der Waals surface area (Å²) >= 11 is 0. The third-order valence-corrected chi connectivity index (χ3v) is 5.93. The highest BCUT2D eigenvalue weighted by Gasteiger charge is 2.36. The molecule has 0 aliphatic carbocycles. The van der Waals surface area contributed by atoms with E-state index in [-0.39, 0.29) is 0 Å². The van der Waals surface area contributed by atoms with Crippen molar-refractivity contribution in [3.05, 3.63) is 0 Å². The predicted octanol–water partition coefficient (Wildman–Crippen LogP) is 7.50. The van der Waals surface area contributed by atoms with Crippen LogP contribution in [-0.4, -0.2) is 21.8 Å². The molecular weight excluding hydrogens is 336 g/mol. The highest BCUT2D eigenvalue weighted by molar-refractivity contribution is 5.71. The molecule has 162 valence electrons. The quantitative estimate of drug-likeness (QED) is 0.214. The Morgan fingerprint density at radius 2 is 1.07 bits per heavy atom. The van der Waals surface area contributed by atoms with Gasteiger partial charge in [-0.2, -0.15) is 0 Å². The fourth-order valence-corrected chi connectivity index (χ4v) is 3.97. The summed E-state index contributed by atoms with van der Waals surface area (Å²) in [7, 11) is 0. The first-order valence-corrected chi connectivity index (χ1v) is 11.9. The van der Waals surface area contributed by atoms with Crippen molar-refractivity contribution in [1.29, 1.82) is 0 Å². The average Bonchev–Trinajstić information content (AvgIpc) is 2.62. The molecule has 0 saturated carbocycles. The van der Waals surface area contributed by atoms with Crippen molar-refractivity contribution in [3.63, 3.8) is 0 Å². The van der Waals surface area contributed by atoms with Gasteiger partial charge in [-0.15, -0.1) is 0 Å². The zero-order valence-corrected chi connectivity index (χ0v) is 18.6. The Morgan fingerprint density at radius 1 is 0.704 bits per heavy atom. The second kappa shape index (κ2) is 17.5. The van der Waals surface area contributed by atoms with Crippen LogP contribution in [0.3, 0.4) is 0 Å². The number of aliphatic carboxylic acids is 1. The van der Waals surface area contributed by atoms with Gasteiger partial charge in [0.2, 0.25) is 0 Å². The van der Waals surface area contributed by atoms with Crippen LogP contribution in [0.1, 0.15) is 136 Å². The molecule has 0 rings (SSSR count). The molecule has 0 spiro atoms. The minimum Gasteiger partial charge on any atom is -0.481 e. The highest BCUT2D eigenvalue weighted by atomic mass is 16.4. The monoisotopic (exact) mass is 384 g/mol. The maximum atomic E-state index is 11.7. The molecule has 2 unspecified atom stereocenters. The van der Waals surface area contributed by atoms with Gasteiger partial charge in [0.05, 0.1) is 11.5 Å². The molecule has 0 aliphatic heterocycles. The predicted molar refractivity (Wildman–Crippen MR) is 116 cm³/mol. The standard InChI is InChI=1S/C24H48O3/c1-4-6-8-10-12-14-16-18-20-22(23(25)26)24(3,27)21-19-17-15-13-11-9-7-5-2/h22,27H,4-21H2,1-3H3,(H,25,26). The average molecular weight is 385 g/mol. The van der Waals surface area contributed by atoms with E-state index in [1.165, 1.54) is 77.0 Å². The summed E-state index contributed by atoms with van der Waals surface area (Å²) in [5, 5.41) is 20.3. The van der Waals surface area contributed by atoms with E-state index in [9.17, 15) is 15.0 Å². The minimum atomic E-state index is -1.07. The zero-order valence-electron chi connectivity index (χ0n) is 18.6. The summed E-state index contributed by atoms with van der Waals surface area (Å²) < 4.78 is 0. The van der Waals surface area contributed by atoms with Crippen LogP contribution < -0.4 is 0 Å². The molecular formula is C24H48O3. The van der Waals surface area contributed by atoms with Gasteiger partial charge in [-0.05, 0) is 19.8 Å². The zero-order chi connectivity index (χ0) is 20.4. The molecule has 3 heteroatoms. The molecule has 3 nitrogen and oxygen atoms in total. The minimum absolute atomic E-state index is 0.605. The lowest BCUT2D eigenvalue weighted by Gasteiger charge is -2.30. The van der Waals surface area contributed by atoms with E-state index in [1.807, 2.05) is 0 Å². The van der Waals surface area contributed by atoms with Crippen LogP contribution in [0.15, 0.2) is 0 Å². The molecule has 27 heavy (non-hydrogen) atoms. The Morgan fingerprint density at radius 3 is 1.48 bits per heavy atom. The fourth-order valence-electron chi connectivity index (χ4n) is 3.97. The van der Waals surface area contributed by atoms with Crippen molar-refractivity contribution < 1.29 is 15.0 Å². The lowest BCUT2D eigenvalue weighted by Crippen LogP contribution is -2.39. The number of carboxylic acids is 1. The topological polar surface area (TPSA) is 57.5 Å². The van der Waals surface area contributed by atoms with E-state index in [2.05, 4.69) is 13.8 Å². The third-order valence-electron chi connectivity index (χ3n) is 5.93. The molecule has 0 aromatic rings. The van der Waals surface area contributed by atoms with Crippen LogP contribution in [0.25, 0.3) is 0 Å². The summed E-state index contributed by atoms with van der Waals surface area (Å²) in [4.78, 5) is 11.7. The van der Waals surface area contributed by atoms with Gasteiger partial charge in [0.15, 0.2) is 0 Å². The first kappa shape index (κ1) is 26.4. The number of aliphatic hydroxyl groups is 1. The third kappa shape index (κ3) is 15.1. The number of hydrogen-bond acceptors (Lipinski definition) is 2. The van der Waals surface area contributed by atoms with Crippen molar-refractivity contribution in [2.24, 2.45) is 5.92 Å². The maximum Gasteiger partial charge on any atom is 0.309 e. The number of unbranched alkanes of at least 4 members (excludes halogenated alkanes) is 14. The van der Waals surface area contributed by atoms with E-state index in [0.29, 0.717) is 12.8 Å². The highest BCUT2D eigenvalue weighted by Crippen LogP contribution is 2.29. The Balaban J connectivity index is 3.92. The summed E-state index contributed by atoms with van der Waals surface area (Å²) in [5.41, 5.74) is -1.07. The summed E-state index contributed by atoms with van der Waals surface area (Å²) in [5.74, 6) is -1.45. The fraction of sp³-hybridized carbons (Fsp3) is 0.958. The Labute approximate surface area is 169 Å². The lowest BCUT2D eigenvalue weighted by molar-refractivity contribution is -0.152. The van der Waals surface area contributed by atoms with Gasteiger partial charge in [0, 0.05) is 0 Å². The van der Waals surface area contributed by atoms with Crippen molar-refractivity contribution in [1.82, 2.24) is 0 Å². The molecule has 2 atom stereocenters. The first-order valence-electron chi connectivity index (χ1n) is 11.9. The summed E-state index contributed by atoms with van der Waals surface area (Å²) in [6.07, 6.45) is 20.6. The van der Waals surface area contributed by atoms with Gasteiger partial charge in [-0.1, -0.05) is 117 Å². The molecule has 2 N–H and O–H groups in total. The van der Waals surface area contributed by atoms with Crippen LogP contribution in [0.2, 0.25) is 0 Å². The Kier molecular flexibility index (Phi) is 17.2. The van der Waals surface area contributed by atoms with E-state index >= 15 is 0 Å². The largest absolute Gasteiger partial charge is 0.481 e. The Hall–Kier alpha value is -0.570. The second-order valence-electron chi connectivity index (χ2n) is 8.74. The van der Waals surface area contributed by atoms with E-state index in [4.69, 9.17) is 0 Å². The molecule has 0 amide bonds. The van der Waals surface area contributed by atoms with Gasteiger partial charge in [-0.3, -0.25) is 4.79 Å². The van der Waals surface area contributed by atoms with E-state index in [1.54, 1.807) is 6.92 Å². The normalized spacial score (nSPS) is 14.8. The number of carboxylic acid groups (broad SMARTS) is 1. The van der Waals surface area contributed by atoms with Crippen LogP contribution in [-0.2, 0) is 4.79 Å². The number of hydrogen-bond donors (Lipinski definition) is 2. The van der Waals surface area contributed by atoms with Crippen LogP contribution in [0.4, 0.5) is 0 Å². The van der Waals surface area contributed by atoms with Crippen LogP contribution in [0.5, 0.6) is 0 Å². The molecule has 0 radical (unpaired) electrons. The van der Waals surface area contributed by atoms with Gasteiger partial charge < -0.3 is 10.2 Å². The van der Waals surface area contributed by atoms with Crippen LogP contribution in [0, 0.1) is 5.92 Å². The summed E-state index contributed by atoms with van der Waals surface area (Å²) in [6.45, 7) is 6.19. The van der Waals surface area contributed by atoms with Gasteiger partial charge in [0.1, 0.15) is 0 Å². The van der Waals surface area contributed by atoms with Crippen molar-refractivity contribution in [2.45, 2.75) is 142 Å². The SMILES string of the molecule is CCCCCCCCCCC(C(=O)O)C(C)(O)CCCCCCCCCC. The molecule has 0 aromatic heterocycles. The molecule has 0 fully saturated rings. The van der Waals surface area contributed by atoms with Crippen LogP contribution >= 0.6 is 0 Å². The lowest BCUT2D eigenvalue weighted by atomic mass is 9.81. The molecule has 0 aliphatic rings. The number of carbonyl (C=O) groups is 1.